The second-order valence-electron chi connectivity index (χ2n) is 3.39. The van der Waals surface area contributed by atoms with Crippen LogP contribution in [0, 0.1) is 5.92 Å². The summed E-state index contributed by atoms with van der Waals surface area (Å²) in [6, 6.07) is 0.806. The molecule has 86 valence electrons. The zero-order valence-electron chi connectivity index (χ0n) is 9.71. The summed E-state index contributed by atoms with van der Waals surface area (Å²) in [7, 11) is 2.49. The summed E-state index contributed by atoms with van der Waals surface area (Å²) in [4.78, 5) is 0. The van der Waals surface area contributed by atoms with Gasteiger partial charge in [-0.2, -0.15) is 0 Å². The lowest BCUT2D eigenvalue weighted by Crippen LogP contribution is -2.45. The Balaban J connectivity index is 4.24. The fourth-order valence-electron chi connectivity index (χ4n) is 1.57. The van der Waals surface area contributed by atoms with Crippen LogP contribution in [0.15, 0.2) is 0 Å². The van der Waals surface area contributed by atoms with Crippen LogP contribution in [0.5, 0.6) is 0 Å². The highest BCUT2D eigenvalue weighted by Gasteiger charge is 2.39. The molecule has 0 fully saturated rings. The van der Waals surface area contributed by atoms with E-state index in [4.69, 9.17) is 19.0 Å². The molecule has 0 aromatic heterocycles. The van der Waals surface area contributed by atoms with Crippen molar-refractivity contribution in [2.45, 2.75) is 25.8 Å². The van der Waals surface area contributed by atoms with E-state index in [1.807, 2.05) is 0 Å². The standard InChI is InChI=1S/C9H23NO3Si/c1-5-6-9(7-10)8-14(11-2,12-3)13-4/h9H,5-8,10H2,1-4H3. The first-order chi connectivity index (χ1) is 6.67. The molecule has 0 radical (unpaired) electrons. The summed E-state index contributed by atoms with van der Waals surface area (Å²) < 4.78 is 16.1. The smallest absolute Gasteiger partial charge is 0.377 e. The molecule has 0 amide bonds. The van der Waals surface area contributed by atoms with Gasteiger partial charge in [0.15, 0.2) is 0 Å². The summed E-state index contributed by atoms with van der Waals surface area (Å²) in [6.45, 7) is 2.82. The van der Waals surface area contributed by atoms with Gasteiger partial charge in [-0.3, -0.25) is 0 Å². The van der Waals surface area contributed by atoms with Gasteiger partial charge in [0, 0.05) is 27.4 Å². The zero-order valence-corrected chi connectivity index (χ0v) is 10.7. The molecule has 0 aromatic carbocycles. The van der Waals surface area contributed by atoms with Crippen molar-refractivity contribution in [2.24, 2.45) is 11.7 Å². The Labute approximate surface area is 88.1 Å². The maximum Gasteiger partial charge on any atom is 0.500 e. The highest BCUT2D eigenvalue weighted by Crippen LogP contribution is 2.21. The Hall–Kier alpha value is 0.0569. The normalized spacial score (nSPS) is 14.4. The van der Waals surface area contributed by atoms with Crippen molar-refractivity contribution < 1.29 is 13.3 Å². The van der Waals surface area contributed by atoms with Gasteiger partial charge < -0.3 is 19.0 Å². The highest BCUT2D eigenvalue weighted by atomic mass is 28.4. The first kappa shape index (κ1) is 14.1. The molecule has 0 aromatic rings. The van der Waals surface area contributed by atoms with E-state index in [2.05, 4.69) is 6.92 Å². The van der Waals surface area contributed by atoms with E-state index in [1.165, 1.54) is 0 Å². The number of rotatable bonds is 8. The molecular formula is C9H23NO3Si. The maximum absolute atomic E-state index is 5.69. The van der Waals surface area contributed by atoms with Gasteiger partial charge in [-0.25, -0.2) is 0 Å². The van der Waals surface area contributed by atoms with Gasteiger partial charge >= 0.3 is 8.80 Å². The largest absolute Gasteiger partial charge is 0.500 e. The third-order valence-corrected chi connectivity index (χ3v) is 5.45. The lowest BCUT2D eigenvalue weighted by molar-refractivity contribution is 0.117. The van der Waals surface area contributed by atoms with Crippen molar-refractivity contribution in [3.63, 3.8) is 0 Å². The second kappa shape index (κ2) is 7.36. The molecule has 0 bridgehead atoms. The molecule has 1 unspecified atom stereocenters. The van der Waals surface area contributed by atoms with Crippen molar-refractivity contribution >= 4 is 8.80 Å². The Morgan fingerprint density at radius 3 is 1.93 bits per heavy atom. The van der Waals surface area contributed by atoms with Gasteiger partial charge in [0.1, 0.15) is 0 Å². The van der Waals surface area contributed by atoms with Crippen LogP contribution < -0.4 is 5.73 Å². The predicted octanol–water partition coefficient (Wildman–Crippen LogP) is 1.24. The quantitative estimate of drug-likeness (QED) is 0.627. The third kappa shape index (κ3) is 4.06. The van der Waals surface area contributed by atoms with Crippen LogP contribution >= 0.6 is 0 Å². The molecular weight excluding hydrogens is 198 g/mol. The van der Waals surface area contributed by atoms with Gasteiger partial charge in [0.2, 0.25) is 0 Å². The minimum Gasteiger partial charge on any atom is -0.377 e. The Morgan fingerprint density at radius 2 is 1.64 bits per heavy atom. The van der Waals surface area contributed by atoms with Crippen molar-refractivity contribution in [1.29, 1.82) is 0 Å². The molecule has 0 spiro atoms. The van der Waals surface area contributed by atoms with E-state index in [1.54, 1.807) is 21.3 Å². The Bertz CT molecular complexity index is 134. The number of hydrogen-bond acceptors (Lipinski definition) is 4. The van der Waals surface area contributed by atoms with E-state index < -0.39 is 8.80 Å². The Kier molecular flexibility index (Phi) is 7.39. The maximum atomic E-state index is 5.69. The van der Waals surface area contributed by atoms with Crippen molar-refractivity contribution in [3.8, 4) is 0 Å². The van der Waals surface area contributed by atoms with Crippen LogP contribution in [-0.2, 0) is 13.3 Å². The molecule has 0 aliphatic heterocycles. The lowest BCUT2D eigenvalue weighted by atomic mass is 10.1. The van der Waals surface area contributed by atoms with Crippen LogP contribution in [0.2, 0.25) is 6.04 Å². The van der Waals surface area contributed by atoms with Gasteiger partial charge in [-0.15, -0.1) is 0 Å². The molecule has 0 saturated heterocycles. The van der Waals surface area contributed by atoms with Crippen molar-refractivity contribution in [1.82, 2.24) is 0 Å². The molecule has 5 heteroatoms. The fourth-order valence-corrected chi connectivity index (χ4v) is 3.64. The van der Waals surface area contributed by atoms with Gasteiger partial charge in [0.25, 0.3) is 0 Å². The molecule has 4 nitrogen and oxygen atoms in total. The molecule has 0 saturated carbocycles. The molecule has 0 rings (SSSR count). The second-order valence-corrected chi connectivity index (χ2v) is 6.39. The number of nitrogens with two attached hydrogens (primary N) is 1. The molecule has 0 aliphatic rings. The van der Waals surface area contributed by atoms with E-state index in [9.17, 15) is 0 Å². The molecule has 2 N–H and O–H groups in total. The van der Waals surface area contributed by atoms with Crippen molar-refractivity contribution in [2.75, 3.05) is 27.9 Å². The van der Waals surface area contributed by atoms with Gasteiger partial charge in [0.05, 0.1) is 0 Å². The molecule has 0 heterocycles. The van der Waals surface area contributed by atoms with Gasteiger partial charge in [-0.1, -0.05) is 13.3 Å². The number of hydrogen-bond donors (Lipinski definition) is 1. The average Bonchev–Trinajstić information content (AvgIpc) is 2.25. The van der Waals surface area contributed by atoms with Crippen LogP contribution in [0.25, 0.3) is 0 Å². The average molecular weight is 221 g/mol. The monoisotopic (exact) mass is 221 g/mol. The van der Waals surface area contributed by atoms with Gasteiger partial charge in [-0.05, 0) is 18.9 Å². The first-order valence-corrected chi connectivity index (χ1v) is 6.96. The third-order valence-electron chi connectivity index (χ3n) is 2.50. The van der Waals surface area contributed by atoms with Crippen LogP contribution in [-0.4, -0.2) is 36.7 Å². The summed E-state index contributed by atoms with van der Waals surface area (Å²) >= 11 is 0. The predicted molar refractivity (Wildman–Crippen MR) is 59.0 cm³/mol. The summed E-state index contributed by atoms with van der Waals surface area (Å²) in [5, 5.41) is 0. The van der Waals surface area contributed by atoms with Crippen molar-refractivity contribution in [3.05, 3.63) is 0 Å². The van der Waals surface area contributed by atoms with E-state index in [0.29, 0.717) is 12.5 Å². The highest BCUT2D eigenvalue weighted by molar-refractivity contribution is 6.60. The Morgan fingerprint density at radius 1 is 1.14 bits per heavy atom. The zero-order chi connectivity index (χ0) is 11.0. The van der Waals surface area contributed by atoms with Crippen LogP contribution in [0.1, 0.15) is 19.8 Å². The minimum atomic E-state index is -2.42. The SMILES string of the molecule is CCCC(CN)C[Si](OC)(OC)OC. The lowest BCUT2D eigenvalue weighted by Gasteiger charge is -2.27. The first-order valence-electron chi connectivity index (χ1n) is 5.03. The molecule has 0 aliphatic carbocycles. The topological polar surface area (TPSA) is 53.7 Å². The summed E-state index contributed by atoms with van der Waals surface area (Å²) in [5.41, 5.74) is 5.69. The van der Waals surface area contributed by atoms with E-state index in [0.717, 1.165) is 18.9 Å². The fraction of sp³-hybridized carbons (Fsp3) is 1.00. The van der Waals surface area contributed by atoms with Crippen LogP contribution in [0.3, 0.4) is 0 Å². The molecule has 1 atom stereocenters. The summed E-state index contributed by atoms with van der Waals surface area (Å²) in [5.74, 6) is 0.437. The minimum absolute atomic E-state index is 0.437. The summed E-state index contributed by atoms with van der Waals surface area (Å²) in [6.07, 6.45) is 2.23. The molecule has 14 heavy (non-hydrogen) atoms. The van der Waals surface area contributed by atoms with E-state index >= 15 is 0 Å². The van der Waals surface area contributed by atoms with E-state index in [-0.39, 0.29) is 0 Å². The van der Waals surface area contributed by atoms with Crippen LogP contribution in [0.4, 0.5) is 0 Å².